The van der Waals surface area contributed by atoms with Gasteiger partial charge in [-0.25, -0.2) is 0 Å². The van der Waals surface area contributed by atoms with Crippen LogP contribution in [-0.4, -0.2) is 17.8 Å². The number of aryl methyl sites for hydroxylation is 1. The molecule has 3 heteroatoms. The lowest BCUT2D eigenvalue weighted by Gasteiger charge is -2.27. The molecular weight excluding hydrogens is 214 g/mol. The van der Waals surface area contributed by atoms with Gasteiger partial charge in [0.05, 0.1) is 12.1 Å². The van der Waals surface area contributed by atoms with E-state index in [1.807, 2.05) is 39.8 Å². The van der Waals surface area contributed by atoms with E-state index < -0.39 is 0 Å². The van der Waals surface area contributed by atoms with Gasteiger partial charge in [0.15, 0.2) is 0 Å². The molecule has 0 radical (unpaired) electrons. The lowest BCUT2D eigenvalue weighted by Crippen LogP contribution is -2.37. The molecule has 1 aromatic rings. The lowest BCUT2D eigenvalue weighted by molar-refractivity contribution is 0.0602. The SMILES string of the molecule is CCc1ccc(C(C)NCC(O)C(C)(C)C)o1. The largest absolute Gasteiger partial charge is 0.464 e. The summed E-state index contributed by atoms with van der Waals surface area (Å²) < 4.78 is 5.67. The van der Waals surface area contributed by atoms with E-state index in [9.17, 15) is 5.11 Å². The van der Waals surface area contributed by atoms with Crippen LogP contribution in [0.4, 0.5) is 0 Å². The summed E-state index contributed by atoms with van der Waals surface area (Å²) >= 11 is 0. The molecule has 0 spiro atoms. The fourth-order valence-electron chi connectivity index (χ4n) is 1.51. The minimum atomic E-state index is -0.356. The zero-order valence-corrected chi connectivity index (χ0v) is 11.6. The standard InChI is InChI=1S/C14H25NO2/c1-6-11-7-8-12(17-11)10(2)15-9-13(16)14(3,4)5/h7-8,10,13,15-16H,6,9H2,1-5H3. The molecule has 0 saturated heterocycles. The second-order valence-corrected chi connectivity index (χ2v) is 5.67. The van der Waals surface area contributed by atoms with E-state index in [4.69, 9.17) is 4.42 Å². The second kappa shape index (κ2) is 5.69. The van der Waals surface area contributed by atoms with Crippen LogP contribution in [0.15, 0.2) is 16.5 Å². The average molecular weight is 239 g/mol. The Labute approximate surface area is 104 Å². The number of rotatable bonds is 5. The highest BCUT2D eigenvalue weighted by Crippen LogP contribution is 2.20. The van der Waals surface area contributed by atoms with Gasteiger partial charge in [0.1, 0.15) is 11.5 Å². The van der Waals surface area contributed by atoms with E-state index >= 15 is 0 Å². The van der Waals surface area contributed by atoms with Crippen molar-refractivity contribution in [3.05, 3.63) is 23.7 Å². The van der Waals surface area contributed by atoms with Gasteiger partial charge in [-0.15, -0.1) is 0 Å². The number of nitrogens with one attached hydrogen (secondary N) is 1. The van der Waals surface area contributed by atoms with Crippen molar-refractivity contribution in [3.8, 4) is 0 Å². The zero-order valence-electron chi connectivity index (χ0n) is 11.6. The quantitative estimate of drug-likeness (QED) is 0.830. The van der Waals surface area contributed by atoms with Gasteiger partial charge in [0, 0.05) is 13.0 Å². The predicted molar refractivity (Wildman–Crippen MR) is 70.0 cm³/mol. The molecule has 0 aliphatic carbocycles. The molecule has 0 fully saturated rings. The van der Waals surface area contributed by atoms with Crippen molar-refractivity contribution in [2.75, 3.05) is 6.54 Å². The van der Waals surface area contributed by atoms with Crippen LogP contribution in [0.2, 0.25) is 0 Å². The Kier molecular flexibility index (Phi) is 4.78. The molecular formula is C14H25NO2. The predicted octanol–water partition coefficient (Wildman–Crippen LogP) is 2.90. The molecule has 2 N–H and O–H groups in total. The molecule has 98 valence electrons. The third kappa shape index (κ3) is 4.17. The number of aliphatic hydroxyl groups excluding tert-OH is 1. The van der Waals surface area contributed by atoms with Crippen LogP contribution in [0, 0.1) is 5.41 Å². The van der Waals surface area contributed by atoms with Gasteiger partial charge in [0.2, 0.25) is 0 Å². The maximum Gasteiger partial charge on any atom is 0.120 e. The highest BCUT2D eigenvalue weighted by molar-refractivity contribution is 5.10. The monoisotopic (exact) mass is 239 g/mol. The summed E-state index contributed by atoms with van der Waals surface area (Å²) in [6.07, 6.45) is 0.558. The van der Waals surface area contributed by atoms with Crippen LogP contribution in [0.3, 0.4) is 0 Å². The Morgan fingerprint density at radius 2 is 2.00 bits per heavy atom. The molecule has 1 rings (SSSR count). The summed E-state index contributed by atoms with van der Waals surface area (Å²) in [5, 5.41) is 13.2. The molecule has 1 aromatic heterocycles. The molecule has 0 amide bonds. The summed E-state index contributed by atoms with van der Waals surface area (Å²) in [7, 11) is 0. The Morgan fingerprint density at radius 1 is 1.35 bits per heavy atom. The van der Waals surface area contributed by atoms with E-state index in [2.05, 4.69) is 12.2 Å². The van der Waals surface area contributed by atoms with Crippen molar-refractivity contribution in [2.24, 2.45) is 5.41 Å². The Morgan fingerprint density at radius 3 is 2.47 bits per heavy atom. The average Bonchev–Trinajstić information content (AvgIpc) is 2.72. The number of aliphatic hydroxyl groups is 1. The molecule has 2 unspecified atom stereocenters. The molecule has 3 nitrogen and oxygen atoms in total. The van der Waals surface area contributed by atoms with Gasteiger partial charge in [-0.2, -0.15) is 0 Å². The van der Waals surface area contributed by atoms with E-state index in [1.54, 1.807) is 0 Å². The van der Waals surface area contributed by atoms with Gasteiger partial charge in [-0.05, 0) is 24.5 Å². The molecule has 0 saturated carbocycles. The van der Waals surface area contributed by atoms with Crippen molar-refractivity contribution in [1.82, 2.24) is 5.32 Å². The van der Waals surface area contributed by atoms with Crippen LogP contribution in [0.5, 0.6) is 0 Å². The number of furan rings is 1. The van der Waals surface area contributed by atoms with Gasteiger partial charge in [-0.1, -0.05) is 27.7 Å². The Bertz CT molecular complexity index is 338. The first kappa shape index (κ1) is 14.3. The lowest BCUT2D eigenvalue weighted by atomic mass is 9.89. The van der Waals surface area contributed by atoms with Gasteiger partial charge in [0.25, 0.3) is 0 Å². The van der Waals surface area contributed by atoms with Crippen LogP contribution in [-0.2, 0) is 6.42 Å². The van der Waals surface area contributed by atoms with E-state index in [0.29, 0.717) is 6.54 Å². The molecule has 2 atom stereocenters. The molecule has 0 aliphatic rings. The number of hydrogen-bond donors (Lipinski definition) is 2. The van der Waals surface area contributed by atoms with E-state index in [1.165, 1.54) is 0 Å². The third-order valence-electron chi connectivity index (χ3n) is 3.07. The first-order chi connectivity index (χ1) is 7.84. The van der Waals surface area contributed by atoms with Crippen LogP contribution < -0.4 is 5.32 Å². The Balaban J connectivity index is 2.47. The molecule has 0 bridgehead atoms. The van der Waals surface area contributed by atoms with Crippen molar-refractivity contribution < 1.29 is 9.52 Å². The van der Waals surface area contributed by atoms with Crippen LogP contribution >= 0.6 is 0 Å². The molecule has 1 heterocycles. The third-order valence-corrected chi connectivity index (χ3v) is 3.07. The summed E-state index contributed by atoms with van der Waals surface area (Å²) in [5.74, 6) is 1.94. The summed E-state index contributed by atoms with van der Waals surface area (Å²) in [6.45, 7) is 10.8. The fourth-order valence-corrected chi connectivity index (χ4v) is 1.51. The van der Waals surface area contributed by atoms with E-state index in [0.717, 1.165) is 17.9 Å². The minimum absolute atomic E-state index is 0.0928. The first-order valence-corrected chi connectivity index (χ1v) is 6.34. The molecule has 0 aliphatic heterocycles. The maximum absolute atomic E-state index is 9.94. The highest BCUT2D eigenvalue weighted by atomic mass is 16.3. The summed E-state index contributed by atoms with van der Waals surface area (Å²) in [6, 6.07) is 4.14. The van der Waals surface area contributed by atoms with E-state index in [-0.39, 0.29) is 17.6 Å². The van der Waals surface area contributed by atoms with Crippen LogP contribution in [0.1, 0.15) is 52.2 Å². The van der Waals surface area contributed by atoms with Crippen molar-refractivity contribution in [3.63, 3.8) is 0 Å². The van der Waals surface area contributed by atoms with Crippen molar-refractivity contribution in [1.29, 1.82) is 0 Å². The maximum atomic E-state index is 9.94. The topological polar surface area (TPSA) is 45.4 Å². The molecule has 0 aromatic carbocycles. The van der Waals surface area contributed by atoms with Gasteiger partial charge in [-0.3, -0.25) is 0 Å². The number of hydrogen-bond acceptors (Lipinski definition) is 3. The second-order valence-electron chi connectivity index (χ2n) is 5.67. The summed E-state index contributed by atoms with van der Waals surface area (Å²) in [4.78, 5) is 0. The normalized spacial score (nSPS) is 15.9. The minimum Gasteiger partial charge on any atom is -0.464 e. The fraction of sp³-hybridized carbons (Fsp3) is 0.714. The van der Waals surface area contributed by atoms with Crippen molar-refractivity contribution in [2.45, 2.75) is 53.2 Å². The Hall–Kier alpha value is -0.800. The van der Waals surface area contributed by atoms with Crippen molar-refractivity contribution >= 4 is 0 Å². The summed E-state index contributed by atoms with van der Waals surface area (Å²) in [5.41, 5.74) is -0.0928. The highest BCUT2D eigenvalue weighted by Gasteiger charge is 2.22. The first-order valence-electron chi connectivity index (χ1n) is 6.34. The van der Waals surface area contributed by atoms with Gasteiger partial charge < -0.3 is 14.8 Å². The smallest absolute Gasteiger partial charge is 0.120 e. The van der Waals surface area contributed by atoms with Crippen LogP contribution in [0.25, 0.3) is 0 Å². The molecule has 17 heavy (non-hydrogen) atoms. The van der Waals surface area contributed by atoms with Gasteiger partial charge >= 0.3 is 0 Å². The zero-order chi connectivity index (χ0) is 13.1.